The lowest BCUT2D eigenvalue weighted by atomic mass is 9.87. The second-order valence-electron chi connectivity index (χ2n) is 8.69. The third kappa shape index (κ3) is 3.87. The van der Waals surface area contributed by atoms with Crippen LogP contribution in [0.3, 0.4) is 0 Å². The Morgan fingerprint density at radius 3 is 2.49 bits per heavy atom. The van der Waals surface area contributed by atoms with E-state index in [2.05, 4.69) is 40.1 Å². The van der Waals surface area contributed by atoms with E-state index in [0.29, 0.717) is 23.4 Å². The average molecular weight is 488 g/mol. The summed E-state index contributed by atoms with van der Waals surface area (Å²) in [6.07, 6.45) is 0.352. The van der Waals surface area contributed by atoms with Gasteiger partial charge in [-0.1, -0.05) is 67.1 Å². The molecule has 0 saturated carbocycles. The maximum Gasteiger partial charge on any atom is 0.344 e. The van der Waals surface area contributed by atoms with E-state index in [4.69, 9.17) is 0 Å². The van der Waals surface area contributed by atoms with Gasteiger partial charge >= 0.3 is 6.03 Å². The molecule has 0 spiro atoms. The number of urea groups is 1. The second-order valence-corrected chi connectivity index (χ2v) is 9.73. The molecule has 178 valence electrons. The molecule has 0 bridgehead atoms. The number of hydrogen-bond donors (Lipinski definition) is 2. The number of hydrogen-bond acceptors (Lipinski definition) is 5. The number of hydrazine groups is 1. The molecule has 2 aromatic carbocycles. The zero-order valence-electron chi connectivity index (χ0n) is 19.7. The zero-order valence-corrected chi connectivity index (χ0v) is 20.5. The van der Waals surface area contributed by atoms with Gasteiger partial charge in [-0.3, -0.25) is 19.7 Å². The van der Waals surface area contributed by atoms with Gasteiger partial charge in [0.15, 0.2) is 0 Å². The normalized spacial score (nSPS) is 17.7. The van der Waals surface area contributed by atoms with Gasteiger partial charge in [0.2, 0.25) is 0 Å². The van der Waals surface area contributed by atoms with Crippen molar-refractivity contribution in [3.63, 3.8) is 0 Å². The number of carbonyl (C=O) groups excluding carboxylic acids is 3. The number of aryl methyl sites for hydroxylation is 2. The molecule has 1 aliphatic heterocycles. The van der Waals surface area contributed by atoms with E-state index in [1.165, 1.54) is 16.9 Å². The van der Waals surface area contributed by atoms with Gasteiger partial charge in [0.1, 0.15) is 10.4 Å². The van der Waals surface area contributed by atoms with Gasteiger partial charge in [0.05, 0.1) is 17.1 Å². The minimum absolute atomic E-state index is 0.352. The maximum atomic E-state index is 13.3. The molecule has 4 aromatic rings. The van der Waals surface area contributed by atoms with Crippen LogP contribution in [-0.4, -0.2) is 32.6 Å². The van der Waals surface area contributed by atoms with Crippen molar-refractivity contribution in [3.05, 3.63) is 87.9 Å². The van der Waals surface area contributed by atoms with E-state index in [1.807, 2.05) is 43.7 Å². The molecule has 1 saturated heterocycles. The Labute approximate surface area is 206 Å². The van der Waals surface area contributed by atoms with Crippen molar-refractivity contribution in [3.8, 4) is 0 Å². The molecular formula is C26H25N5O3S. The lowest BCUT2D eigenvalue weighted by Gasteiger charge is -2.25. The highest BCUT2D eigenvalue weighted by Gasteiger charge is 2.52. The number of nitrogens with zero attached hydrogens (tertiary/aromatic N) is 3. The summed E-state index contributed by atoms with van der Waals surface area (Å²) in [4.78, 5) is 40.4. The lowest BCUT2D eigenvalue weighted by molar-refractivity contribution is -0.133. The van der Waals surface area contributed by atoms with E-state index in [1.54, 1.807) is 18.2 Å². The molecule has 1 aliphatic rings. The molecule has 9 heteroatoms. The van der Waals surface area contributed by atoms with Gasteiger partial charge in [-0.25, -0.2) is 4.79 Å². The highest BCUT2D eigenvalue weighted by atomic mass is 32.1. The highest BCUT2D eigenvalue weighted by molar-refractivity contribution is 7.20. The molecule has 8 nitrogen and oxygen atoms in total. The summed E-state index contributed by atoms with van der Waals surface area (Å²) < 4.78 is 1.88. The van der Waals surface area contributed by atoms with Gasteiger partial charge in [0.25, 0.3) is 11.8 Å². The Morgan fingerprint density at radius 1 is 1.09 bits per heavy atom. The molecule has 3 heterocycles. The van der Waals surface area contributed by atoms with Crippen LogP contribution in [0.2, 0.25) is 0 Å². The van der Waals surface area contributed by atoms with Crippen molar-refractivity contribution in [2.75, 3.05) is 0 Å². The van der Waals surface area contributed by atoms with E-state index in [0.717, 1.165) is 26.5 Å². The third-order valence-corrected chi connectivity index (χ3v) is 7.53. The van der Waals surface area contributed by atoms with E-state index < -0.39 is 23.4 Å². The van der Waals surface area contributed by atoms with Crippen molar-refractivity contribution >= 4 is 39.4 Å². The number of nitrogens with one attached hydrogen (secondary N) is 2. The first-order valence-electron chi connectivity index (χ1n) is 11.4. The molecule has 35 heavy (non-hydrogen) atoms. The molecule has 0 radical (unpaired) electrons. The summed E-state index contributed by atoms with van der Waals surface area (Å²) in [6.45, 7) is 6.34. The number of aromatic nitrogens is 2. The first-order chi connectivity index (χ1) is 16.8. The number of imide groups is 1. The fraction of sp³-hybridized carbons (Fsp3) is 0.231. The molecule has 0 unspecified atom stereocenters. The first-order valence-corrected chi connectivity index (χ1v) is 12.2. The summed E-state index contributed by atoms with van der Waals surface area (Å²) in [5.41, 5.74) is 5.08. The lowest BCUT2D eigenvalue weighted by Crippen LogP contribution is -2.48. The number of thiophene rings is 1. The maximum absolute atomic E-state index is 13.3. The van der Waals surface area contributed by atoms with Crippen LogP contribution in [0.25, 0.3) is 10.2 Å². The molecule has 1 fully saturated rings. The van der Waals surface area contributed by atoms with Gasteiger partial charge in [-0.15, -0.1) is 11.3 Å². The number of benzene rings is 2. The fourth-order valence-corrected chi connectivity index (χ4v) is 5.44. The summed E-state index contributed by atoms with van der Waals surface area (Å²) in [5.74, 6) is -1.02. The van der Waals surface area contributed by atoms with Gasteiger partial charge in [-0.05, 0) is 37.5 Å². The predicted molar refractivity (Wildman–Crippen MR) is 134 cm³/mol. The Morgan fingerprint density at radius 2 is 1.80 bits per heavy atom. The van der Waals surface area contributed by atoms with Gasteiger partial charge in [0, 0.05) is 5.39 Å². The Hall–Kier alpha value is -3.98. The quantitative estimate of drug-likeness (QED) is 0.397. The third-order valence-electron chi connectivity index (χ3n) is 6.39. The molecule has 0 aliphatic carbocycles. The Kier molecular flexibility index (Phi) is 5.64. The number of fused-ring (bicyclic) bond motifs is 1. The summed E-state index contributed by atoms with van der Waals surface area (Å²) in [5, 5.41) is 9.06. The standard InChI is InChI=1S/C26H25N5O3S/c1-4-26(19-8-6-5-7-9-19)24(33)31(25(34)27-26)29-22(32)21-14-20-17(3)28-30(23(20)35-21)15-18-12-10-16(2)11-13-18/h5-14H,4,15H2,1-3H3,(H,27,34)(H,29,32)/t26-/m0/s1. The van der Waals surface area contributed by atoms with Crippen molar-refractivity contribution in [2.24, 2.45) is 0 Å². The summed E-state index contributed by atoms with van der Waals surface area (Å²) >= 11 is 1.28. The smallest absolute Gasteiger partial charge is 0.318 e. The van der Waals surface area contributed by atoms with E-state index >= 15 is 0 Å². The van der Waals surface area contributed by atoms with Gasteiger partial charge in [-0.2, -0.15) is 10.1 Å². The highest BCUT2D eigenvalue weighted by Crippen LogP contribution is 2.32. The Balaban J connectivity index is 1.39. The molecular weight excluding hydrogens is 462 g/mol. The van der Waals surface area contributed by atoms with Crippen LogP contribution in [0.4, 0.5) is 4.79 Å². The fourth-order valence-electron chi connectivity index (χ4n) is 4.39. The molecule has 5 rings (SSSR count). The van der Waals surface area contributed by atoms with Crippen LogP contribution in [0, 0.1) is 13.8 Å². The largest absolute Gasteiger partial charge is 0.344 e. The minimum atomic E-state index is -1.21. The Bertz CT molecular complexity index is 1440. The predicted octanol–water partition coefficient (Wildman–Crippen LogP) is 4.27. The van der Waals surface area contributed by atoms with Crippen molar-refractivity contribution < 1.29 is 14.4 Å². The zero-order chi connectivity index (χ0) is 24.7. The number of carbonyl (C=O) groups is 3. The number of rotatable bonds is 6. The average Bonchev–Trinajstić information content (AvgIpc) is 3.50. The van der Waals surface area contributed by atoms with E-state index in [-0.39, 0.29) is 0 Å². The molecule has 4 amide bonds. The van der Waals surface area contributed by atoms with Crippen LogP contribution < -0.4 is 10.7 Å². The second kappa shape index (κ2) is 8.66. The SMILES string of the molecule is CC[C@@]1(c2ccccc2)NC(=O)N(NC(=O)c2cc3c(C)nn(Cc4ccc(C)cc4)c3s2)C1=O. The van der Waals surface area contributed by atoms with Crippen LogP contribution in [0.1, 0.15) is 45.4 Å². The number of amides is 4. The topological polar surface area (TPSA) is 96.3 Å². The molecule has 2 aromatic heterocycles. The van der Waals surface area contributed by atoms with Crippen LogP contribution in [0.15, 0.2) is 60.7 Å². The van der Waals surface area contributed by atoms with Crippen LogP contribution in [-0.2, 0) is 16.9 Å². The minimum Gasteiger partial charge on any atom is -0.318 e. The van der Waals surface area contributed by atoms with E-state index in [9.17, 15) is 14.4 Å². The molecule has 1 atom stereocenters. The monoisotopic (exact) mass is 487 g/mol. The summed E-state index contributed by atoms with van der Waals surface area (Å²) in [6, 6.07) is 18.4. The van der Waals surface area contributed by atoms with Gasteiger partial charge < -0.3 is 5.32 Å². The van der Waals surface area contributed by atoms with Crippen molar-refractivity contribution in [1.82, 2.24) is 25.5 Å². The molecule has 2 N–H and O–H groups in total. The summed E-state index contributed by atoms with van der Waals surface area (Å²) in [7, 11) is 0. The van der Waals surface area contributed by atoms with Crippen molar-refractivity contribution in [2.45, 2.75) is 39.3 Å². The first kappa shape index (κ1) is 22.8. The van der Waals surface area contributed by atoms with Crippen LogP contribution >= 0.6 is 11.3 Å². The van der Waals surface area contributed by atoms with Crippen LogP contribution in [0.5, 0.6) is 0 Å². The van der Waals surface area contributed by atoms with Crippen molar-refractivity contribution in [1.29, 1.82) is 0 Å².